The van der Waals surface area contributed by atoms with Crippen molar-refractivity contribution in [2.24, 2.45) is 0 Å². The zero-order valence-electron chi connectivity index (χ0n) is 14.6. The van der Waals surface area contributed by atoms with E-state index >= 15 is 0 Å². The number of likely N-dealkylation sites (N-methyl/N-ethyl adjacent to an activating group) is 1. The number of anilines is 1. The maximum Gasteiger partial charge on any atom is 0.254 e. The molecule has 0 atom stereocenters. The van der Waals surface area contributed by atoms with Gasteiger partial charge in [-0.1, -0.05) is 36.5 Å². The molecule has 3 heterocycles. The predicted octanol–water partition coefficient (Wildman–Crippen LogP) is 2.48. The van der Waals surface area contributed by atoms with Crippen LogP contribution >= 0.6 is 11.3 Å². The van der Waals surface area contributed by atoms with Crippen LogP contribution in [0.3, 0.4) is 0 Å². The first-order chi connectivity index (χ1) is 12.2. The average Bonchev–Trinajstić information content (AvgIpc) is 3.11. The number of benzene rings is 1. The number of rotatable bonds is 3. The Morgan fingerprint density at radius 2 is 1.88 bits per heavy atom. The molecule has 0 bridgehead atoms. The van der Waals surface area contributed by atoms with Gasteiger partial charge in [0.1, 0.15) is 0 Å². The SMILES string of the molecule is CCN1CCN(c2nc3c(s2)CN(C(=O)c2ccccc2)CC3)CC1. The fourth-order valence-electron chi connectivity index (χ4n) is 3.51. The van der Waals surface area contributed by atoms with Crippen LogP contribution in [0, 0.1) is 0 Å². The predicted molar refractivity (Wildman–Crippen MR) is 101 cm³/mol. The van der Waals surface area contributed by atoms with Gasteiger partial charge in [-0.2, -0.15) is 0 Å². The van der Waals surface area contributed by atoms with E-state index in [2.05, 4.69) is 16.7 Å². The second kappa shape index (κ2) is 7.14. The molecular formula is C19H24N4OS. The molecule has 2 aliphatic heterocycles. The number of nitrogens with zero attached hydrogens (tertiary/aromatic N) is 4. The number of aromatic nitrogens is 1. The number of thiazole rings is 1. The lowest BCUT2D eigenvalue weighted by molar-refractivity contribution is 0.0736. The van der Waals surface area contributed by atoms with Gasteiger partial charge in [-0.3, -0.25) is 4.79 Å². The first kappa shape index (κ1) is 16.5. The highest BCUT2D eigenvalue weighted by Gasteiger charge is 2.27. The maximum atomic E-state index is 12.7. The topological polar surface area (TPSA) is 39.7 Å². The molecule has 5 nitrogen and oxygen atoms in total. The number of amides is 1. The Morgan fingerprint density at radius 1 is 1.12 bits per heavy atom. The number of carbonyl (C=O) groups excluding carboxylic acids is 1. The van der Waals surface area contributed by atoms with Gasteiger partial charge in [0.15, 0.2) is 5.13 Å². The van der Waals surface area contributed by atoms with Gasteiger partial charge in [0.25, 0.3) is 5.91 Å². The van der Waals surface area contributed by atoms with Crippen LogP contribution in [0.5, 0.6) is 0 Å². The smallest absolute Gasteiger partial charge is 0.254 e. The molecule has 0 radical (unpaired) electrons. The average molecular weight is 356 g/mol. The van der Waals surface area contributed by atoms with Crippen LogP contribution in [0.2, 0.25) is 0 Å². The van der Waals surface area contributed by atoms with E-state index in [-0.39, 0.29) is 5.91 Å². The number of hydrogen-bond acceptors (Lipinski definition) is 5. The van der Waals surface area contributed by atoms with Crippen LogP contribution in [-0.2, 0) is 13.0 Å². The quantitative estimate of drug-likeness (QED) is 0.847. The Bertz CT molecular complexity index is 737. The van der Waals surface area contributed by atoms with Crippen molar-refractivity contribution in [2.75, 3.05) is 44.2 Å². The van der Waals surface area contributed by atoms with Crippen LogP contribution in [0.25, 0.3) is 0 Å². The second-order valence-electron chi connectivity index (χ2n) is 6.63. The van der Waals surface area contributed by atoms with E-state index in [1.165, 1.54) is 10.6 Å². The van der Waals surface area contributed by atoms with Crippen LogP contribution in [0.4, 0.5) is 5.13 Å². The Labute approximate surface area is 152 Å². The van der Waals surface area contributed by atoms with E-state index < -0.39 is 0 Å². The number of piperazine rings is 1. The second-order valence-corrected chi connectivity index (χ2v) is 7.69. The molecule has 0 aliphatic carbocycles. The molecule has 0 unspecified atom stereocenters. The van der Waals surface area contributed by atoms with E-state index in [1.807, 2.05) is 35.2 Å². The van der Waals surface area contributed by atoms with Crippen molar-refractivity contribution in [3.05, 3.63) is 46.5 Å². The molecule has 1 fully saturated rings. The third-order valence-corrected chi connectivity index (χ3v) is 6.26. The molecule has 2 aromatic rings. The maximum absolute atomic E-state index is 12.7. The molecule has 6 heteroatoms. The molecule has 1 aromatic heterocycles. The zero-order valence-corrected chi connectivity index (χ0v) is 15.5. The minimum atomic E-state index is 0.123. The first-order valence-corrected chi connectivity index (χ1v) is 9.86. The van der Waals surface area contributed by atoms with Crippen molar-refractivity contribution < 1.29 is 4.79 Å². The summed E-state index contributed by atoms with van der Waals surface area (Å²) in [6.07, 6.45) is 0.860. The van der Waals surface area contributed by atoms with E-state index in [0.717, 1.165) is 56.4 Å². The molecule has 25 heavy (non-hydrogen) atoms. The molecular weight excluding hydrogens is 332 g/mol. The van der Waals surface area contributed by atoms with Gasteiger partial charge in [-0.05, 0) is 18.7 Å². The lowest BCUT2D eigenvalue weighted by atomic mass is 10.1. The van der Waals surface area contributed by atoms with Crippen molar-refractivity contribution in [1.29, 1.82) is 0 Å². The lowest BCUT2D eigenvalue weighted by Gasteiger charge is -2.33. The van der Waals surface area contributed by atoms with Crippen LogP contribution in [0.15, 0.2) is 30.3 Å². The molecule has 1 saturated heterocycles. The summed E-state index contributed by atoms with van der Waals surface area (Å²) in [5, 5.41) is 1.13. The summed E-state index contributed by atoms with van der Waals surface area (Å²) < 4.78 is 0. The molecule has 0 spiro atoms. The summed E-state index contributed by atoms with van der Waals surface area (Å²) in [5.74, 6) is 0.123. The summed E-state index contributed by atoms with van der Waals surface area (Å²) in [5.41, 5.74) is 1.96. The normalized spacial score (nSPS) is 18.3. The molecule has 4 rings (SSSR count). The third-order valence-electron chi connectivity index (χ3n) is 5.12. The number of hydrogen-bond donors (Lipinski definition) is 0. The van der Waals surface area contributed by atoms with Gasteiger partial charge < -0.3 is 14.7 Å². The lowest BCUT2D eigenvalue weighted by Crippen LogP contribution is -2.46. The van der Waals surface area contributed by atoms with Crippen molar-refractivity contribution >= 4 is 22.4 Å². The standard InChI is InChI=1S/C19H24N4OS/c1-2-21-10-12-22(13-11-21)19-20-16-8-9-23(14-17(16)25-19)18(24)15-6-4-3-5-7-15/h3-7H,2,8-14H2,1H3. The van der Waals surface area contributed by atoms with E-state index in [0.29, 0.717) is 6.54 Å². The monoisotopic (exact) mass is 356 g/mol. The highest BCUT2D eigenvalue weighted by Crippen LogP contribution is 2.31. The molecule has 1 aromatic carbocycles. The molecule has 2 aliphatic rings. The van der Waals surface area contributed by atoms with Gasteiger partial charge in [-0.15, -0.1) is 0 Å². The van der Waals surface area contributed by atoms with Gasteiger partial charge >= 0.3 is 0 Å². The highest BCUT2D eigenvalue weighted by molar-refractivity contribution is 7.15. The molecule has 0 N–H and O–H groups in total. The van der Waals surface area contributed by atoms with Crippen molar-refractivity contribution in [2.45, 2.75) is 19.9 Å². The largest absolute Gasteiger partial charge is 0.346 e. The minimum Gasteiger partial charge on any atom is -0.346 e. The summed E-state index contributed by atoms with van der Waals surface area (Å²) in [6.45, 7) is 9.11. The van der Waals surface area contributed by atoms with Crippen molar-refractivity contribution in [3.63, 3.8) is 0 Å². The molecule has 0 saturated carbocycles. The van der Waals surface area contributed by atoms with Gasteiger partial charge in [0.2, 0.25) is 0 Å². The minimum absolute atomic E-state index is 0.123. The number of carbonyl (C=O) groups is 1. The fraction of sp³-hybridized carbons (Fsp3) is 0.474. The Hall–Kier alpha value is -1.92. The summed E-state index contributed by atoms with van der Waals surface area (Å²) in [6, 6.07) is 9.57. The van der Waals surface area contributed by atoms with E-state index in [4.69, 9.17) is 4.98 Å². The van der Waals surface area contributed by atoms with Gasteiger partial charge in [0.05, 0.1) is 12.2 Å². The molecule has 132 valence electrons. The summed E-state index contributed by atoms with van der Waals surface area (Å²) in [7, 11) is 0. The summed E-state index contributed by atoms with van der Waals surface area (Å²) in [4.78, 5) is 25.6. The van der Waals surface area contributed by atoms with Gasteiger partial charge in [-0.25, -0.2) is 4.98 Å². The Morgan fingerprint density at radius 3 is 2.60 bits per heavy atom. The fourth-order valence-corrected chi connectivity index (χ4v) is 4.68. The summed E-state index contributed by atoms with van der Waals surface area (Å²) >= 11 is 1.77. The van der Waals surface area contributed by atoms with E-state index in [9.17, 15) is 4.79 Å². The Balaban J connectivity index is 1.45. The van der Waals surface area contributed by atoms with Crippen molar-refractivity contribution in [3.8, 4) is 0 Å². The van der Waals surface area contributed by atoms with Crippen LogP contribution in [-0.4, -0.2) is 60.0 Å². The van der Waals surface area contributed by atoms with Gasteiger partial charge in [0, 0.05) is 49.6 Å². The van der Waals surface area contributed by atoms with Crippen LogP contribution < -0.4 is 4.90 Å². The molecule has 1 amide bonds. The highest BCUT2D eigenvalue weighted by atomic mass is 32.1. The third kappa shape index (κ3) is 3.41. The van der Waals surface area contributed by atoms with E-state index in [1.54, 1.807) is 11.3 Å². The zero-order chi connectivity index (χ0) is 17.2. The number of fused-ring (bicyclic) bond motifs is 1. The van der Waals surface area contributed by atoms with Crippen LogP contribution in [0.1, 0.15) is 27.9 Å². The Kier molecular flexibility index (Phi) is 4.72. The first-order valence-electron chi connectivity index (χ1n) is 9.05. The van der Waals surface area contributed by atoms with Crippen molar-refractivity contribution in [1.82, 2.24) is 14.8 Å².